The third-order valence-electron chi connectivity index (χ3n) is 5.38. The number of carbonyl (C=O) groups excluding carboxylic acids is 2. The van der Waals surface area contributed by atoms with E-state index in [0.717, 1.165) is 41.3 Å². The molecule has 0 bridgehead atoms. The summed E-state index contributed by atoms with van der Waals surface area (Å²) in [6, 6.07) is 14.8. The lowest BCUT2D eigenvalue weighted by Crippen LogP contribution is -2.50. The van der Waals surface area contributed by atoms with Gasteiger partial charge >= 0.3 is 0 Å². The second kappa shape index (κ2) is 10.3. The van der Waals surface area contributed by atoms with Gasteiger partial charge in [-0.05, 0) is 55.2 Å². The Labute approximate surface area is 185 Å². The van der Waals surface area contributed by atoms with Gasteiger partial charge in [0.1, 0.15) is 6.04 Å². The van der Waals surface area contributed by atoms with Crippen molar-refractivity contribution in [3.63, 3.8) is 0 Å². The maximum absolute atomic E-state index is 13.2. The lowest BCUT2D eigenvalue weighted by atomic mass is 10.1. The second-order valence-corrected chi connectivity index (χ2v) is 8.97. The van der Waals surface area contributed by atoms with Crippen molar-refractivity contribution >= 4 is 39.3 Å². The normalized spacial score (nSPS) is 15.1. The molecule has 1 N–H and O–H groups in total. The molecule has 1 fully saturated rings. The van der Waals surface area contributed by atoms with Crippen LogP contribution in [0.1, 0.15) is 43.7 Å². The summed E-state index contributed by atoms with van der Waals surface area (Å²) in [7, 11) is 0. The number of halogens is 2. The van der Waals surface area contributed by atoms with E-state index in [9.17, 15) is 9.59 Å². The van der Waals surface area contributed by atoms with E-state index in [4.69, 9.17) is 11.6 Å². The number of carbonyl (C=O) groups is 2. The van der Waals surface area contributed by atoms with Crippen LogP contribution in [-0.2, 0) is 22.6 Å². The van der Waals surface area contributed by atoms with Crippen LogP contribution < -0.4 is 5.32 Å². The number of nitrogens with zero attached hydrogens (tertiary/aromatic N) is 1. The van der Waals surface area contributed by atoms with E-state index >= 15 is 0 Å². The molecule has 0 heterocycles. The first-order valence-corrected chi connectivity index (χ1v) is 11.2. The molecule has 2 aromatic carbocycles. The molecule has 1 aliphatic carbocycles. The predicted molar refractivity (Wildman–Crippen MR) is 120 cm³/mol. The highest BCUT2D eigenvalue weighted by atomic mass is 79.9. The molecular formula is C23H26BrClN2O2. The van der Waals surface area contributed by atoms with Crippen LogP contribution in [0.5, 0.6) is 0 Å². The van der Waals surface area contributed by atoms with Gasteiger partial charge in [-0.3, -0.25) is 9.59 Å². The van der Waals surface area contributed by atoms with Crippen molar-refractivity contribution in [3.8, 4) is 0 Å². The topological polar surface area (TPSA) is 49.4 Å². The first-order chi connectivity index (χ1) is 13.9. The van der Waals surface area contributed by atoms with E-state index in [1.807, 2.05) is 43.3 Å². The van der Waals surface area contributed by atoms with Gasteiger partial charge in [-0.1, -0.05) is 64.6 Å². The first kappa shape index (κ1) is 21.8. The van der Waals surface area contributed by atoms with Gasteiger partial charge in [-0.2, -0.15) is 0 Å². The minimum Gasteiger partial charge on any atom is -0.352 e. The van der Waals surface area contributed by atoms with Gasteiger partial charge in [-0.25, -0.2) is 0 Å². The summed E-state index contributed by atoms with van der Waals surface area (Å²) in [5.41, 5.74) is 1.85. The van der Waals surface area contributed by atoms with Crippen LogP contribution in [0.25, 0.3) is 0 Å². The molecule has 0 saturated heterocycles. The standard InChI is InChI=1S/C23H26BrClN2O2/c1-16(23(29)26-21-7-2-3-8-21)27(15-18-5-4-6-19(24)13-18)22(28)14-17-9-11-20(25)12-10-17/h4-6,9-13,16,21H,2-3,7-8,14-15H2,1H3,(H,26,29)/t16-/m1/s1. The van der Waals surface area contributed by atoms with Crippen molar-refractivity contribution in [2.45, 2.75) is 57.7 Å². The molecule has 1 saturated carbocycles. The molecule has 0 aromatic heterocycles. The maximum atomic E-state index is 13.2. The number of amides is 2. The fourth-order valence-electron chi connectivity index (χ4n) is 3.69. The summed E-state index contributed by atoms with van der Waals surface area (Å²) in [6.07, 6.45) is 4.56. The molecule has 2 amide bonds. The lowest BCUT2D eigenvalue weighted by Gasteiger charge is -2.30. The van der Waals surface area contributed by atoms with Gasteiger partial charge in [0, 0.05) is 22.1 Å². The average molecular weight is 478 g/mol. The Morgan fingerprint density at radius 3 is 2.48 bits per heavy atom. The molecule has 3 rings (SSSR count). The molecule has 1 atom stereocenters. The fourth-order valence-corrected chi connectivity index (χ4v) is 4.26. The second-order valence-electron chi connectivity index (χ2n) is 7.62. The Morgan fingerprint density at radius 2 is 1.83 bits per heavy atom. The van der Waals surface area contributed by atoms with Gasteiger partial charge in [0.25, 0.3) is 0 Å². The van der Waals surface area contributed by atoms with Crippen molar-refractivity contribution in [1.82, 2.24) is 10.2 Å². The molecular weight excluding hydrogens is 452 g/mol. The number of nitrogens with one attached hydrogen (secondary N) is 1. The summed E-state index contributed by atoms with van der Waals surface area (Å²) in [4.78, 5) is 27.7. The van der Waals surface area contributed by atoms with Crippen LogP contribution in [-0.4, -0.2) is 28.8 Å². The highest BCUT2D eigenvalue weighted by molar-refractivity contribution is 9.10. The Morgan fingerprint density at radius 1 is 1.14 bits per heavy atom. The van der Waals surface area contributed by atoms with Gasteiger partial charge in [0.15, 0.2) is 0 Å². The fraction of sp³-hybridized carbons (Fsp3) is 0.391. The monoisotopic (exact) mass is 476 g/mol. The largest absolute Gasteiger partial charge is 0.352 e. The van der Waals surface area contributed by atoms with Gasteiger partial charge < -0.3 is 10.2 Å². The molecule has 0 unspecified atom stereocenters. The third-order valence-corrected chi connectivity index (χ3v) is 6.12. The van der Waals surface area contributed by atoms with E-state index in [0.29, 0.717) is 11.6 Å². The zero-order valence-corrected chi connectivity index (χ0v) is 18.9. The van der Waals surface area contributed by atoms with Crippen LogP contribution in [0, 0.1) is 0 Å². The quantitative estimate of drug-likeness (QED) is 0.601. The minimum absolute atomic E-state index is 0.0821. The van der Waals surface area contributed by atoms with E-state index < -0.39 is 6.04 Å². The summed E-state index contributed by atoms with van der Waals surface area (Å²) >= 11 is 9.43. The number of benzene rings is 2. The molecule has 6 heteroatoms. The molecule has 0 aliphatic heterocycles. The van der Waals surface area contributed by atoms with E-state index in [1.54, 1.807) is 17.0 Å². The van der Waals surface area contributed by atoms with Crippen molar-refractivity contribution in [3.05, 3.63) is 69.2 Å². The summed E-state index contributed by atoms with van der Waals surface area (Å²) in [5, 5.41) is 3.76. The first-order valence-electron chi connectivity index (χ1n) is 10.0. The molecule has 1 aliphatic rings. The SMILES string of the molecule is C[C@H](C(=O)NC1CCCC1)N(Cc1cccc(Br)c1)C(=O)Cc1ccc(Cl)cc1. The minimum atomic E-state index is -0.547. The summed E-state index contributed by atoms with van der Waals surface area (Å²) in [6.45, 7) is 2.19. The number of hydrogen-bond acceptors (Lipinski definition) is 2. The predicted octanol–water partition coefficient (Wildman–Crippen LogP) is 5.12. The molecule has 4 nitrogen and oxygen atoms in total. The van der Waals surface area contributed by atoms with Crippen LogP contribution in [0.4, 0.5) is 0 Å². The highest BCUT2D eigenvalue weighted by Crippen LogP contribution is 2.20. The van der Waals surface area contributed by atoms with Crippen molar-refractivity contribution in [2.24, 2.45) is 0 Å². The third kappa shape index (κ3) is 6.31. The number of hydrogen-bond donors (Lipinski definition) is 1. The van der Waals surface area contributed by atoms with Crippen LogP contribution >= 0.6 is 27.5 Å². The van der Waals surface area contributed by atoms with E-state index in [-0.39, 0.29) is 24.3 Å². The molecule has 0 spiro atoms. The summed E-state index contributed by atoms with van der Waals surface area (Å²) in [5.74, 6) is -0.169. The van der Waals surface area contributed by atoms with Gasteiger partial charge in [0.05, 0.1) is 6.42 Å². The lowest BCUT2D eigenvalue weighted by molar-refractivity contribution is -0.140. The Kier molecular flexibility index (Phi) is 7.73. The zero-order chi connectivity index (χ0) is 20.8. The maximum Gasteiger partial charge on any atom is 0.242 e. The summed E-state index contributed by atoms with van der Waals surface area (Å²) < 4.78 is 0.947. The van der Waals surface area contributed by atoms with Gasteiger partial charge in [-0.15, -0.1) is 0 Å². The van der Waals surface area contributed by atoms with E-state index in [1.165, 1.54) is 0 Å². The molecule has 2 aromatic rings. The Hall–Kier alpha value is -1.85. The smallest absolute Gasteiger partial charge is 0.242 e. The van der Waals surface area contributed by atoms with Crippen LogP contribution in [0.3, 0.4) is 0 Å². The van der Waals surface area contributed by atoms with Crippen molar-refractivity contribution in [2.75, 3.05) is 0 Å². The number of rotatable bonds is 7. The van der Waals surface area contributed by atoms with Gasteiger partial charge in [0.2, 0.25) is 11.8 Å². The average Bonchev–Trinajstić information content (AvgIpc) is 3.20. The molecule has 29 heavy (non-hydrogen) atoms. The highest BCUT2D eigenvalue weighted by Gasteiger charge is 2.28. The Bertz CT molecular complexity index is 850. The molecule has 154 valence electrons. The van der Waals surface area contributed by atoms with E-state index in [2.05, 4.69) is 21.2 Å². The Balaban J connectivity index is 1.76. The van der Waals surface area contributed by atoms with Crippen molar-refractivity contribution in [1.29, 1.82) is 0 Å². The van der Waals surface area contributed by atoms with Crippen LogP contribution in [0.2, 0.25) is 5.02 Å². The van der Waals surface area contributed by atoms with Crippen molar-refractivity contribution < 1.29 is 9.59 Å². The van der Waals surface area contributed by atoms with Crippen LogP contribution in [0.15, 0.2) is 53.0 Å². The zero-order valence-electron chi connectivity index (χ0n) is 16.5. The molecule has 0 radical (unpaired) electrons.